The van der Waals surface area contributed by atoms with Gasteiger partial charge in [-0.25, -0.2) is 0 Å². The van der Waals surface area contributed by atoms with E-state index in [0.717, 1.165) is 23.9 Å². The lowest BCUT2D eigenvalue weighted by atomic mass is 9.98. The van der Waals surface area contributed by atoms with Crippen LogP contribution in [0.4, 0.5) is 0 Å². The van der Waals surface area contributed by atoms with Crippen LogP contribution in [0.25, 0.3) is 0 Å². The summed E-state index contributed by atoms with van der Waals surface area (Å²) < 4.78 is 0. The van der Waals surface area contributed by atoms with Crippen LogP contribution in [0.3, 0.4) is 0 Å². The predicted molar refractivity (Wildman–Crippen MR) is 73.8 cm³/mol. The van der Waals surface area contributed by atoms with Crippen LogP contribution in [0.2, 0.25) is 0 Å². The highest BCUT2D eigenvalue weighted by molar-refractivity contribution is 5.78. The molecule has 0 heterocycles. The number of benzene rings is 1. The molecule has 0 radical (unpaired) electrons. The number of hydrogen-bond donors (Lipinski definition) is 2. The van der Waals surface area contributed by atoms with Gasteiger partial charge in [-0.1, -0.05) is 12.1 Å². The van der Waals surface area contributed by atoms with Crippen molar-refractivity contribution in [3.05, 3.63) is 29.8 Å². The molecule has 2 N–H and O–H groups in total. The highest BCUT2D eigenvalue weighted by Crippen LogP contribution is 2.48. The average Bonchev–Trinajstić information content (AvgIpc) is 3.24. The molecule has 1 aromatic carbocycles. The second-order valence-electron chi connectivity index (χ2n) is 5.99. The third kappa shape index (κ3) is 3.49. The molecule has 0 atom stereocenters. The van der Waals surface area contributed by atoms with E-state index in [1.807, 2.05) is 6.07 Å². The molecule has 0 spiro atoms. The van der Waals surface area contributed by atoms with Gasteiger partial charge in [-0.3, -0.25) is 4.79 Å². The molecule has 3 nitrogen and oxygen atoms in total. The van der Waals surface area contributed by atoms with E-state index in [4.69, 9.17) is 0 Å². The standard InChI is InChI=1S/C16H21NO2/c18-14-3-1-2-11(8-14)9-16(19)17-10-15(12-4-5-12)13-6-7-13/h1-3,8,12-13,15,18H,4-7,9-10H2,(H,17,19). The van der Waals surface area contributed by atoms with E-state index in [1.165, 1.54) is 25.7 Å². The molecule has 0 unspecified atom stereocenters. The van der Waals surface area contributed by atoms with Crippen LogP contribution in [-0.2, 0) is 11.2 Å². The topological polar surface area (TPSA) is 49.3 Å². The van der Waals surface area contributed by atoms with Crippen LogP contribution >= 0.6 is 0 Å². The number of hydrogen-bond acceptors (Lipinski definition) is 2. The monoisotopic (exact) mass is 259 g/mol. The Morgan fingerprint density at radius 1 is 1.26 bits per heavy atom. The second-order valence-corrected chi connectivity index (χ2v) is 5.99. The van der Waals surface area contributed by atoms with Crippen molar-refractivity contribution in [1.29, 1.82) is 0 Å². The van der Waals surface area contributed by atoms with E-state index in [0.29, 0.717) is 12.3 Å². The van der Waals surface area contributed by atoms with Gasteiger partial charge >= 0.3 is 0 Å². The first-order valence-electron chi connectivity index (χ1n) is 7.27. The second kappa shape index (κ2) is 5.24. The molecular formula is C16H21NO2. The molecule has 0 aromatic heterocycles. The molecule has 19 heavy (non-hydrogen) atoms. The maximum absolute atomic E-state index is 11.9. The zero-order valence-corrected chi connectivity index (χ0v) is 11.1. The average molecular weight is 259 g/mol. The zero-order valence-electron chi connectivity index (χ0n) is 11.1. The Hall–Kier alpha value is -1.51. The van der Waals surface area contributed by atoms with Crippen LogP contribution < -0.4 is 5.32 Å². The molecular weight excluding hydrogens is 238 g/mol. The first-order chi connectivity index (χ1) is 9.22. The molecule has 2 aliphatic rings. The van der Waals surface area contributed by atoms with Gasteiger partial charge in [0.1, 0.15) is 5.75 Å². The maximum Gasteiger partial charge on any atom is 0.224 e. The van der Waals surface area contributed by atoms with Gasteiger partial charge in [0.25, 0.3) is 0 Å². The van der Waals surface area contributed by atoms with Gasteiger partial charge in [-0.05, 0) is 61.1 Å². The van der Waals surface area contributed by atoms with E-state index in [2.05, 4.69) is 5.32 Å². The lowest BCUT2D eigenvalue weighted by Crippen LogP contribution is -2.32. The summed E-state index contributed by atoms with van der Waals surface area (Å²) in [6, 6.07) is 6.92. The van der Waals surface area contributed by atoms with Crippen molar-refractivity contribution in [2.24, 2.45) is 17.8 Å². The van der Waals surface area contributed by atoms with Gasteiger partial charge < -0.3 is 10.4 Å². The summed E-state index contributed by atoms with van der Waals surface area (Å²) in [5.41, 5.74) is 0.867. The lowest BCUT2D eigenvalue weighted by Gasteiger charge is -2.16. The summed E-state index contributed by atoms with van der Waals surface area (Å²) in [4.78, 5) is 11.9. The van der Waals surface area contributed by atoms with Gasteiger partial charge in [0, 0.05) is 6.54 Å². The summed E-state index contributed by atoms with van der Waals surface area (Å²) in [5, 5.41) is 12.4. The molecule has 2 fully saturated rings. The lowest BCUT2D eigenvalue weighted by molar-refractivity contribution is -0.120. The van der Waals surface area contributed by atoms with Crippen LogP contribution in [0.1, 0.15) is 31.2 Å². The Morgan fingerprint density at radius 3 is 2.53 bits per heavy atom. The third-order valence-corrected chi connectivity index (χ3v) is 4.27. The Morgan fingerprint density at radius 2 is 1.95 bits per heavy atom. The van der Waals surface area contributed by atoms with Gasteiger partial charge in [-0.15, -0.1) is 0 Å². The highest BCUT2D eigenvalue weighted by Gasteiger charge is 2.41. The zero-order chi connectivity index (χ0) is 13.2. The third-order valence-electron chi connectivity index (χ3n) is 4.27. The van der Waals surface area contributed by atoms with Gasteiger partial charge in [0.15, 0.2) is 0 Å². The van der Waals surface area contributed by atoms with E-state index in [9.17, 15) is 9.90 Å². The number of phenolic OH excluding ortho intramolecular Hbond substituents is 1. The van der Waals surface area contributed by atoms with Crippen LogP contribution in [-0.4, -0.2) is 17.6 Å². The summed E-state index contributed by atoms with van der Waals surface area (Å²) in [5.74, 6) is 2.74. The summed E-state index contributed by atoms with van der Waals surface area (Å²) in [6.45, 7) is 0.840. The van der Waals surface area contributed by atoms with Crippen molar-refractivity contribution in [3.8, 4) is 5.75 Å². The molecule has 102 valence electrons. The minimum absolute atomic E-state index is 0.0666. The fourth-order valence-electron chi connectivity index (χ4n) is 2.91. The SMILES string of the molecule is O=C(Cc1cccc(O)c1)NCC(C1CC1)C1CC1. The van der Waals surface area contributed by atoms with Crippen molar-refractivity contribution >= 4 is 5.91 Å². The Labute approximate surface area is 114 Å². The number of phenols is 1. The fourth-order valence-corrected chi connectivity index (χ4v) is 2.91. The smallest absolute Gasteiger partial charge is 0.224 e. The first kappa shape index (κ1) is 12.5. The molecule has 1 amide bonds. The number of rotatable bonds is 6. The van der Waals surface area contributed by atoms with Gasteiger partial charge in [-0.2, -0.15) is 0 Å². The van der Waals surface area contributed by atoms with E-state index in [-0.39, 0.29) is 11.7 Å². The maximum atomic E-state index is 11.9. The van der Waals surface area contributed by atoms with Crippen LogP contribution in [0.5, 0.6) is 5.75 Å². The summed E-state index contributed by atoms with van der Waals surface area (Å²) >= 11 is 0. The molecule has 3 rings (SSSR count). The Balaban J connectivity index is 1.48. The van der Waals surface area contributed by atoms with Crippen molar-refractivity contribution in [2.45, 2.75) is 32.1 Å². The summed E-state index contributed by atoms with van der Waals surface area (Å²) in [6.07, 6.45) is 5.76. The molecule has 0 aliphatic heterocycles. The van der Waals surface area contributed by atoms with Crippen molar-refractivity contribution in [3.63, 3.8) is 0 Å². The predicted octanol–water partition coefficient (Wildman–Crippen LogP) is 2.49. The Kier molecular flexibility index (Phi) is 3.45. The number of nitrogens with one attached hydrogen (secondary N) is 1. The van der Waals surface area contributed by atoms with Crippen LogP contribution in [0.15, 0.2) is 24.3 Å². The number of aromatic hydroxyl groups is 1. The minimum atomic E-state index is 0.0666. The number of carbonyl (C=O) groups excluding carboxylic acids is 1. The molecule has 2 saturated carbocycles. The first-order valence-corrected chi connectivity index (χ1v) is 7.27. The van der Waals surface area contributed by atoms with Crippen LogP contribution in [0, 0.1) is 17.8 Å². The van der Waals surface area contributed by atoms with Crippen molar-refractivity contribution < 1.29 is 9.90 Å². The summed E-state index contributed by atoms with van der Waals surface area (Å²) in [7, 11) is 0. The molecule has 2 aliphatic carbocycles. The largest absolute Gasteiger partial charge is 0.508 e. The molecule has 3 heteroatoms. The molecule has 1 aromatic rings. The van der Waals surface area contributed by atoms with Gasteiger partial charge in [0.05, 0.1) is 6.42 Å². The van der Waals surface area contributed by atoms with Gasteiger partial charge in [0.2, 0.25) is 5.91 Å². The van der Waals surface area contributed by atoms with E-state index >= 15 is 0 Å². The number of amides is 1. The number of carbonyl (C=O) groups is 1. The molecule has 0 saturated heterocycles. The van der Waals surface area contributed by atoms with Crippen molar-refractivity contribution in [2.75, 3.05) is 6.54 Å². The van der Waals surface area contributed by atoms with Crippen molar-refractivity contribution in [1.82, 2.24) is 5.32 Å². The molecule has 0 bridgehead atoms. The fraction of sp³-hybridized carbons (Fsp3) is 0.562. The quantitative estimate of drug-likeness (QED) is 0.824. The normalized spacial score (nSPS) is 18.6. The Bertz CT molecular complexity index is 452. The van der Waals surface area contributed by atoms with E-state index in [1.54, 1.807) is 18.2 Å². The highest BCUT2D eigenvalue weighted by atomic mass is 16.3. The minimum Gasteiger partial charge on any atom is -0.508 e. The van der Waals surface area contributed by atoms with E-state index < -0.39 is 0 Å².